The van der Waals surface area contributed by atoms with Crippen molar-refractivity contribution in [3.8, 4) is 0 Å². The molecule has 20 heavy (non-hydrogen) atoms. The molecule has 5 nitrogen and oxygen atoms in total. The molecule has 1 unspecified atom stereocenters. The predicted octanol–water partition coefficient (Wildman–Crippen LogP) is 2.71. The molecule has 0 radical (unpaired) electrons. The van der Waals surface area contributed by atoms with Gasteiger partial charge in [0.25, 0.3) is 0 Å². The summed E-state index contributed by atoms with van der Waals surface area (Å²) in [6.45, 7) is 5.42. The highest BCUT2D eigenvalue weighted by molar-refractivity contribution is 5.89. The molecule has 2 amide bonds. The molecule has 0 fully saturated rings. The van der Waals surface area contributed by atoms with Crippen LogP contribution in [0.25, 0.3) is 0 Å². The molecule has 110 valence electrons. The highest BCUT2D eigenvalue weighted by atomic mass is 19.1. The Morgan fingerprint density at radius 1 is 1.45 bits per heavy atom. The third kappa shape index (κ3) is 4.22. The van der Waals surface area contributed by atoms with Gasteiger partial charge >= 0.3 is 12.0 Å². The highest BCUT2D eigenvalue weighted by Gasteiger charge is 2.20. The average Bonchev–Trinajstić information content (AvgIpc) is 2.38. The van der Waals surface area contributed by atoms with Gasteiger partial charge in [0, 0.05) is 13.1 Å². The molecule has 0 aliphatic carbocycles. The lowest BCUT2D eigenvalue weighted by atomic mass is 10.2. The largest absolute Gasteiger partial charge is 0.481 e. The molecule has 1 rings (SSSR count). The number of nitrogens with zero attached hydrogens (tertiary/aromatic N) is 1. The number of carbonyl (C=O) groups excluding carboxylic acids is 1. The number of halogens is 1. The van der Waals surface area contributed by atoms with Crippen molar-refractivity contribution in [3.05, 3.63) is 29.6 Å². The number of hydrogen-bond donors (Lipinski definition) is 2. The normalized spacial score (nSPS) is 11.8. The van der Waals surface area contributed by atoms with E-state index in [0.717, 1.165) is 5.56 Å². The zero-order chi connectivity index (χ0) is 15.3. The summed E-state index contributed by atoms with van der Waals surface area (Å²) in [7, 11) is 0. The second-order valence-corrected chi connectivity index (χ2v) is 4.69. The first-order valence-corrected chi connectivity index (χ1v) is 6.40. The van der Waals surface area contributed by atoms with E-state index in [1.807, 2.05) is 0 Å². The summed E-state index contributed by atoms with van der Waals surface area (Å²) < 4.78 is 13.6. The monoisotopic (exact) mass is 282 g/mol. The molecule has 0 saturated carbocycles. The van der Waals surface area contributed by atoms with Crippen molar-refractivity contribution in [2.45, 2.75) is 20.8 Å². The Balaban J connectivity index is 2.74. The summed E-state index contributed by atoms with van der Waals surface area (Å²) in [5.41, 5.74) is 0.842. The van der Waals surface area contributed by atoms with E-state index in [4.69, 9.17) is 5.11 Å². The molecule has 0 aliphatic rings. The Morgan fingerprint density at radius 2 is 2.10 bits per heavy atom. The second kappa shape index (κ2) is 6.88. The first-order chi connectivity index (χ1) is 9.35. The standard InChI is InChI=1S/C14H19FN2O3/c1-4-17(8-10(3)13(18)19)14(20)16-12-6-5-9(2)7-11(12)15/h5-7,10H,4,8H2,1-3H3,(H,16,20)(H,18,19). The number of rotatable bonds is 5. The molecule has 2 N–H and O–H groups in total. The fourth-order valence-electron chi connectivity index (χ4n) is 1.68. The minimum atomic E-state index is -0.974. The number of urea groups is 1. The van der Waals surface area contributed by atoms with E-state index < -0.39 is 23.7 Å². The smallest absolute Gasteiger partial charge is 0.321 e. The number of aryl methyl sites for hydroxylation is 1. The van der Waals surface area contributed by atoms with Crippen LogP contribution in [0.4, 0.5) is 14.9 Å². The Bertz CT molecular complexity index is 505. The Hall–Kier alpha value is -2.11. The molecule has 0 bridgehead atoms. The van der Waals surface area contributed by atoms with Crippen LogP contribution in [0, 0.1) is 18.7 Å². The van der Waals surface area contributed by atoms with Gasteiger partial charge in [-0.05, 0) is 31.5 Å². The fourth-order valence-corrected chi connectivity index (χ4v) is 1.68. The minimum Gasteiger partial charge on any atom is -0.481 e. The molecular weight excluding hydrogens is 263 g/mol. The van der Waals surface area contributed by atoms with Gasteiger partial charge < -0.3 is 15.3 Å². The van der Waals surface area contributed by atoms with Gasteiger partial charge in [-0.15, -0.1) is 0 Å². The van der Waals surface area contributed by atoms with Gasteiger partial charge in [-0.3, -0.25) is 4.79 Å². The van der Waals surface area contributed by atoms with Crippen molar-refractivity contribution in [3.63, 3.8) is 0 Å². The first-order valence-electron chi connectivity index (χ1n) is 6.40. The molecular formula is C14H19FN2O3. The lowest BCUT2D eigenvalue weighted by molar-refractivity contribution is -0.141. The van der Waals surface area contributed by atoms with E-state index in [-0.39, 0.29) is 12.2 Å². The zero-order valence-corrected chi connectivity index (χ0v) is 11.8. The molecule has 0 spiro atoms. The van der Waals surface area contributed by atoms with Crippen molar-refractivity contribution in [2.24, 2.45) is 5.92 Å². The molecule has 0 aromatic heterocycles. The quantitative estimate of drug-likeness (QED) is 0.872. The number of amides is 2. The number of hydrogen-bond acceptors (Lipinski definition) is 2. The van der Waals surface area contributed by atoms with Crippen LogP contribution in [0.1, 0.15) is 19.4 Å². The maximum absolute atomic E-state index is 13.6. The van der Waals surface area contributed by atoms with E-state index in [2.05, 4.69) is 5.32 Å². The van der Waals surface area contributed by atoms with Crippen molar-refractivity contribution >= 4 is 17.7 Å². The molecule has 0 aliphatic heterocycles. The Kier molecular flexibility index (Phi) is 5.49. The van der Waals surface area contributed by atoms with Gasteiger partial charge in [0.2, 0.25) is 0 Å². The number of aliphatic carboxylic acids is 1. The van der Waals surface area contributed by atoms with E-state index in [1.165, 1.54) is 24.0 Å². The summed E-state index contributed by atoms with van der Waals surface area (Å²) in [6, 6.07) is 3.99. The third-order valence-electron chi connectivity index (χ3n) is 2.95. The minimum absolute atomic E-state index is 0.0746. The van der Waals surface area contributed by atoms with Gasteiger partial charge in [0.05, 0.1) is 11.6 Å². The van der Waals surface area contributed by atoms with Crippen LogP contribution >= 0.6 is 0 Å². The van der Waals surface area contributed by atoms with Gasteiger partial charge in [-0.25, -0.2) is 9.18 Å². The number of carboxylic acid groups (broad SMARTS) is 1. The molecule has 1 atom stereocenters. The van der Waals surface area contributed by atoms with Gasteiger partial charge in [0.15, 0.2) is 0 Å². The lowest BCUT2D eigenvalue weighted by Gasteiger charge is -2.23. The molecule has 0 saturated heterocycles. The number of carbonyl (C=O) groups is 2. The number of nitrogens with one attached hydrogen (secondary N) is 1. The van der Waals surface area contributed by atoms with Crippen LogP contribution in [-0.4, -0.2) is 35.1 Å². The van der Waals surface area contributed by atoms with Crippen molar-refractivity contribution in [2.75, 3.05) is 18.4 Å². The topological polar surface area (TPSA) is 69.6 Å². The number of carboxylic acids is 1. The zero-order valence-electron chi connectivity index (χ0n) is 11.8. The summed E-state index contributed by atoms with van der Waals surface area (Å²) in [5, 5.41) is 11.3. The van der Waals surface area contributed by atoms with Crippen LogP contribution in [0.3, 0.4) is 0 Å². The molecule has 1 aromatic carbocycles. The van der Waals surface area contributed by atoms with Gasteiger partial charge in [-0.1, -0.05) is 13.0 Å². The Morgan fingerprint density at radius 3 is 2.60 bits per heavy atom. The summed E-state index contributed by atoms with van der Waals surface area (Å²) in [5.74, 6) is -2.16. The van der Waals surface area contributed by atoms with E-state index in [0.29, 0.717) is 6.54 Å². The van der Waals surface area contributed by atoms with Crippen LogP contribution in [0.2, 0.25) is 0 Å². The van der Waals surface area contributed by atoms with Crippen LogP contribution < -0.4 is 5.32 Å². The molecule has 0 heterocycles. The lowest BCUT2D eigenvalue weighted by Crippen LogP contribution is -2.39. The second-order valence-electron chi connectivity index (χ2n) is 4.69. The van der Waals surface area contributed by atoms with Crippen molar-refractivity contribution in [1.29, 1.82) is 0 Å². The SMILES string of the molecule is CCN(CC(C)C(=O)O)C(=O)Nc1ccc(C)cc1F. The highest BCUT2D eigenvalue weighted by Crippen LogP contribution is 2.16. The fraction of sp³-hybridized carbons (Fsp3) is 0.429. The van der Waals surface area contributed by atoms with E-state index in [9.17, 15) is 14.0 Å². The van der Waals surface area contributed by atoms with Gasteiger partial charge in [0.1, 0.15) is 5.82 Å². The Labute approximate surface area is 117 Å². The van der Waals surface area contributed by atoms with Crippen LogP contribution in [0.15, 0.2) is 18.2 Å². The number of benzene rings is 1. The third-order valence-corrected chi connectivity index (χ3v) is 2.95. The van der Waals surface area contributed by atoms with E-state index >= 15 is 0 Å². The van der Waals surface area contributed by atoms with Crippen molar-refractivity contribution < 1.29 is 19.1 Å². The number of anilines is 1. The molecule has 6 heteroatoms. The average molecular weight is 282 g/mol. The first kappa shape index (κ1) is 15.9. The predicted molar refractivity (Wildman–Crippen MR) is 74.2 cm³/mol. The van der Waals surface area contributed by atoms with Crippen molar-refractivity contribution in [1.82, 2.24) is 4.90 Å². The summed E-state index contributed by atoms with van der Waals surface area (Å²) in [4.78, 5) is 24.1. The maximum atomic E-state index is 13.6. The maximum Gasteiger partial charge on any atom is 0.321 e. The molecule has 1 aromatic rings. The van der Waals surface area contributed by atoms with E-state index in [1.54, 1.807) is 19.9 Å². The van der Waals surface area contributed by atoms with Crippen LogP contribution in [-0.2, 0) is 4.79 Å². The summed E-state index contributed by atoms with van der Waals surface area (Å²) in [6.07, 6.45) is 0. The van der Waals surface area contributed by atoms with Gasteiger partial charge in [-0.2, -0.15) is 0 Å². The van der Waals surface area contributed by atoms with Crippen LogP contribution in [0.5, 0.6) is 0 Å². The summed E-state index contributed by atoms with van der Waals surface area (Å²) >= 11 is 0.